The van der Waals surface area contributed by atoms with E-state index in [1.807, 2.05) is 23.8 Å². The molecule has 188 valence electrons. The highest BCUT2D eigenvalue weighted by Crippen LogP contribution is 2.34. The van der Waals surface area contributed by atoms with Crippen molar-refractivity contribution in [3.05, 3.63) is 51.6 Å². The first-order chi connectivity index (χ1) is 16.3. The van der Waals surface area contributed by atoms with Crippen LogP contribution in [-0.2, 0) is 16.6 Å². The summed E-state index contributed by atoms with van der Waals surface area (Å²) in [4.78, 5) is 19.1. The van der Waals surface area contributed by atoms with Gasteiger partial charge < -0.3 is 10.8 Å². The van der Waals surface area contributed by atoms with Gasteiger partial charge in [-0.3, -0.25) is 9.52 Å². The van der Waals surface area contributed by atoms with E-state index in [9.17, 15) is 18.3 Å². The number of thioether (sulfide) groups is 1. The van der Waals surface area contributed by atoms with Crippen LogP contribution in [0.25, 0.3) is 10.6 Å². The van der Waals surface area contributed by atoms with Crippen molar-refractivity contribution in [2.45, 2.75) is 38.6 Å². The number of amidine groups is 1. The van der Waals surface area contributed by atoms with Crippen molar-refractivity contribution < 1.29 is 13.5 Å². The molecule has 0 fully saturated rings. The molecule has 0 radical (unpaired) electrons. The summed E-state index contributed by atoms with van der Waals surface area (Å²) in [5, 5.41) is 17.3. The van der Waals surface area contributed by atoms with Gasteiger partial charge in [-0.05, 0) is 47.7 Å². The van der Waals surface area contributed by atoms with Crippen LogP contribution in [0.1, 0.15) is 32.8 Å². The van der Waals surface area contributed by atoms with Crippen LogP contribution in [-0.4, -0.2) is 41.7 Å². The average Bonchev–Trinajstić information content (AvgIpc) is 3.27. The predicted molar refractivity (Wildman–Crippen MR) is 145 cm³/mol. The van der Waals surface area contributed by atoms with Gasteiger partial charge in [0.1, 0.15) is 17.1 Å². The number of sulfonamides is 1. The molecule has 2 aromatic heterocycles. The molecule has 9 nitrogen and oxygen atoms in total. The van der Waals surface area contributed by atoms with E-state index in [1.54, 1.807) is 18.2 Å². The molecule has 3 rings (SSSR count). The first-order valence-corrected chi connectivity index (χ1v) is 14.7. The number of aromatic nitrogens is 2. The van der Waals surface area contributed by atoms with Crippen LogP contribution in [0.15, 0.2) is 50.4 Å². The third-order valence-corrected chi connectivity index (χ3v) is 7.19. The fraction of sp³-hybridized carbons (Fsp3) is 0.348. The standard InChI is InChI=1S/C23H29N5O4S3/c1-23(2,3)10-11-28-22(30)18(20(29)19(26-28)16-7-6-12-34-16)21(24)25-15-9-8-14(13-17(15)33-4)27-35(5,31)32/h6-9,12-13,27,29H,10-11H2,1-5H3,(H2,24,25). The first kappa shape index (κ1) is 26.8. The number of nitrogens with zero attached hydrogens (tertiary/aromatic N) is 3. The van der Waals surface area contributed by atoms with Crippen molar-refractivity contribution in [1.29, 1.82) is 0 Å². The van der Waals surface area contributed by atoms with Crippen molar-refractivity contribution in [3.8, 4) is 16.3 Å². The maximum Gasteiger partial charge on any atom is 0.281 e. The zero-order chi connectivity index (χ0) is 26.0. The molecule has 0 saturated carbocycles. The van der Waals surface area contributed by atoms with Gasteiger partial charge in [-0.25, -0.2) is 18.1 Å². The lowest BCUT2D eigenvalue weighted by Gasteiger charge is -2.19. The summed E-state index contributed by atoms with van der Waals surface area (Å²) in [5.41, 5.74) is 6.69. The van der Waals surface area contributed by atoms with Crippen LogP contribution in [0, 0.1) is 5.41 Å². The summed E-state index contributed by atoms with van der Waals surface area (Å²) in [6.45, 7) is 6.56. The Morgan fingerprint density at radius 2 is 2.03 bits per heavy atom. The lowest BCUT2D eigenvalue weighted by Crippen LogP contribution is -2.33. The topological polar surface area (TPSA) is 140 Å². The number of thiophene rings is 1. The molecule has 0 saturated heterocycles. The molecule has 12 heteroatoms. The van der Waals surface area contributed by atoms with Crippen molar-refractivity contribution in [2.75, 3.05) is 17.2 Å². The van der Waals surface area contributed by atoms with Gasteiger partial charge in [-0.1, -0.05) is 26.8 Å². The molecule has 0 aliphatic rings. The number of hydrogen-bond donors (Lipinski definition) is 3. The molecule has 0 aliphatic heterocycles. The van der Waals surface area contributed by atoms with Gasteiger partial charge in [-0.15, -0.1) is 23.1 Å². The van der Waals surface area contributed by atoms with Crippen LogP contribution in [0.2, 0.25) is 0 Å². The zero-order valence-electron chi connectivity index (χ0n) is 20.2. The minimum atomic E-state index is -3.44. The molecule has 0 amide bonds. The summed E-state index contributed by atoms with van der Waals surface area (Å²) < 4.78 is 26.9. The van der Waals surface area contributed by atoms with Gasteiger partial charge in [0.15, 0.2) is 5.75 Å². The Morgan fingerprint density at radius 3 is 2.60 bits per heavy atom. The van der Waals surface area contributed by atoms with Gasteiger partial charge in [0.05, 0.1) is 16.8 Å². The summed E-state index contributed by atoms with van der Waals surface area (Å²) in [6, 6.07) is 8.42. The summed E-state index contributed by atoms with van der Waals surface area (Å²) in [7, 11) is -3.44. The number of benzene rings is 1. The molecule has 0 spiro atoms. The number of aromatic hydroxyl groups is 1. The molecule has 35 heavy (non-hydrogen) atoms. The Morgan fingerprint density at radius 1 is 1.31 bits per heavy atom. The smallest absolute Gasteiger partial charge is 0.281 e. The van der Waals surface area contributed by atoms with E-state index in [1.165, 1.54) is 27.8 Å². The van der Waals surface area contributed by atoms with Crippen molar-refractivity contribution in [2.24, 2.45) is 16.1 Å². The Kier molecular flexibility index (Phi) is 7.97. The van der Waals surface area contributed by atoms with Crippen molar-refractivity contribution >= 4 is 50.3 Å². The van der Waals surface area contributed by atoms with E-state index in [0.29, 0.717) is 34.1 Å². The highest BCUT2D eigenvalue weighted by Gasteiger charge is 2.23. The monoisotopic (exact) mass is 535 g/mol. The summed E-state index contributed by atoms with van der Waals surface area (Å²) in [6.07, 6.45) is 3.57. The van der Waals surface area contributed by atoms with Gasteiger partial charge in [0, 0.05) is 17.1 Å². The Bertz CT molecular complexity index is 1410. The second-order valence-electron chi connectivity index (χ2n) is 9.15. The van der Waals surface area contributed by atoms with Crippen LogP contribution in [0.3, 0.4) is 0 Å². The fourth-order valence-electron chi connectivity index (χ4n) is 3.20. The molecule has 2 heterocycles. The number of aryl methyl sites for hydroxylation is 1. The number of aliphatic imine (C=N–C) groups is 1. The van der Waals surface area contributed by atoms with Crippen molar-refractivity contribution in [1.82, 2.24) is 9.78 Å². The number of hydrogen-bond acceptors (Lipinski definition) is 8. The summed E-state index contributed by atoms with van der Waals surface area (Å²) in [5.74, 6) is -0.483. The largest absolute Gasteiger partial charge is 0.505 e. The van der Waals surface area contributed by atoms with Crippen LogP contribution < -0.4 is 16.0 Å². The molecular formula is C23H29N5O4S3. The van der Waals surface area contributed by atoms with E-state index < -0.39 is 15.6 Å². The zero-order valence-corrected chi connectivity index (χ0v) is 22.6. The number of nitrogens with one attached hydrogen (secondary N) is 1. The average molecular weight is 536 g/mol. The van der Waals surface area contributed by atoms with Crippen LogP contribution in [0.4, 0.5) is 11.4 Å². The van der Waals surface area contributed by atoms with Crippen molar-refractivity contribution in [3.63, 3.8) is 0 Å². The van der Waals surface area contributed by atoms with Gasteiger partial charge in [0.25, 0.3) is 5.56 Å². The molecule has 0 aliphatic carbocycles. The number of anilines is 1. The third kappa shape index (κ3) is 6.86. The molecular weight excluding hydrogens is 506 g/mol. The number of nitrogens with two attached hydrogens (primary N) is 1. The molecule has 3 aromatic rings. The van der Waals surface area contributed by atoms with Gasteiger partial charge >= 0.3 is 0 Å². The molecule has 0 bridgehead atoms. The maximum absolute atomic E-state index is 13.3. The molecule has 4 N–H and O–H groups in total. The number of rotatable bonds is 8. The summed E-state index contributed by atoms with van der Waals surface area (Å²) >= 11 is 2.73. The maximum atomic E-state index is 13.3. The van der Waals surface area contributed by atoms with E-state index in [2.05, 4.69) is 35.6 Å². The fourth-order valence-corrected chi connectivity index (χ4v) is 5.03. The molecule has 0 atom stereocenters. The van der Waals surface area contributed by atoms with Gasteiger partial charge in [0.2, 0.25) is 10.0 Å². The van der Waals surface area contributed by atoms with Crippen LogP contribution >= 0.6 is 23.1 Å². The van der Waals surface area contributed by atoms with E-state index in [4.69, 9.17) is 5.73 Å². The normalized spacial score (nSPS) is 12.7. The lowest BCUT2D eigenvalue weighted by molar-refractivity contribution is 0.335. The quantitative estimate of drug-likeness (QED) is 0.223. The lowest BCUT2D eigenvalue weighted by atomic mass is 9.92. The van der Waals surface area contributed by atoms with E-state index in [0.717, 1.165) is 6.26 Å². The SMILES string of the molecule is CSc1cc(NS(C)(=O)=O)ccc1N=C(N)c1c(O)c(-c2cccs2)nn(CCC(C)(C)C)c1=O. The highest BCUT2D eigenvalue weighted by molar-refractivity contribution is 7.98. The second kappa shape index (κ2) is 10.4. The third-order valence-electron chi connectivity index (χ3n) is 4.94. The minimum Gasteiger partial charge on any atom is -0.505 e. The Labute approximate surface area is 213 Å². The second-order valence-corrected chi connectivity index (χ2v) is 12.7. The van der Waals surface area contributed by atoms with Gasteiger partial charge in [-0.2, -0.15) is 5.10 Å². The molecule has 1 aromatic carbocycles. The highest BCUT2D eigenvalue weighted by atomic mass is 32.2. The molecule has 0 unspecified atom stereocenters. The first-order valence-electron chi connectivity index (χ1n) is 10.7. The Balaban J connectivity index is 2.14. The van der Waals surface area contributed by atoms with E-state index >= 15 is 0 Å². The van der Waals surface area contributed by atoms with E-state index in [-0.39, 0.29) is 28.3 Å². The predicted octanol–water partition coefficient (Wildman–Crippen LogP) is 4.24. The minimum absolute atomic E-state index is 0.0309. The van der Waals surface area contributed by atoms with Crippen LogP contribution in [0.5, 0.6) is 5.75 Å². The Hall–Kier alpha value is -2.83.